The summed E-state index contributed by atoms with van der Waals surface area (Å²) < 4.78 is 2.03. The van der Waals surface area contributed by atoms with Crippen molar-refractivity contribution in [3.8, 4) is 0 Å². The lowest BCUT2D eigenvalue weighted by Gasteiger charge is -2.15. The first kappa shape index (κ1) is 10.7. The van der Waals surface area contributed by atoms with E-state index in [1.807, 2.05) is 48.0 Å². The molecule has 2 N–H and O–H groups in total. The van der Waals surface area contributed by atoms with Gasteiger partial charge in [-0.2, -0.15) is 0 Å². The van der Waals surface area contributed by atoms with Crippen LogP contribution >= 0.6 is 0 Å². The Labute approximate surface area is 93.5 Å². The summed E-state index contributed by atoms with van der Waals surface area (Å²) in [6.07, 6.45) is 1.93. The number of para-hydroxylation sites is 1. The molecule has 2 aromatic rings. The van der Waals surface area contributed by atoms with Crippen molar-refractivity contribution < 1.29 is 9.90 Å². The predicted octanol–water partition coefficient (Wildman–Crippen LogP) is 1.83. The van der Waals surface area contributed by atoms with E-state index in [0.717, 1.165) is 10.9 Å². The molecule has 0 aliphatic carbocycles. The van der Waals surface area contributed by atoms with Crippen LogP contribution in [0.15, 0.2) is 36.5 Å². The number of rotatable bonds is 4. The van der Waals surface area contributed by atoms with E-state index in [0.29, 0.717) is 0 Å². The standard InChI is InChI=1S/C12H14N2O2/c1-9(13-8-12(15)16)14-7-6-10-4-2-3-5-11(10)14/h2-7,9,13H,8H2,1H3,(H,15,16). The van der Waals surface area contributed by atoms with E-state index in [1.165, 1.54) is 0 Å². The van der Waals surface area contributed by atoms with Gasteiger partial charge in [0.05, 0.1) is 12.7 Å². The van der Waals surface area contributed by atoms with Gasteiger partial charge < -0.3 is 9.67 Å². The Hall–Kier alpha value is -1.81. The van der Waals surface area contributed by atoms with E-state index in [9.17, 15) is 4.79 Å². The number of nitrogens with one attached hydrogen (secondary N) is 1. The van der Waals surface area contributed by atoms with Crippen molar-refractivity contribution in [1.29, 1.82) is 0 Å². The minimum Gasteiger partial charge on any atom is -0.480 e. The molecule has 16 heavy (non-hydrogen) atoms. The molecule has 84 valence electrons. The van der Waals surface area contributed by atoms with Gasteiger partial charge in [-0.25, -0.2) is 0 Å². The highest BCUT2D eigenvalue weighted by molar-refractivity contribution is 5.80. The Kier molecular flexibility index (Phi) is 2.92. The molecule has 1 aromatic heterocycles. The molecular weight excluding hydrogens is 204 g/mol. The number of nitrogens with zero attached hydrogens (tertiary/aromatic N) is 1. The molecule has 0 radical (unpaired) electrons. The van der Waals surface area contributed by atoms with Crippen LogP contribution < -0.4 is 5.32 Å². The second-order valence-corrected chi connectivity index (χ2v) is 3.73. The Morgan fingerprint density at radius 1 is 1.44 bits per heavy atom. The maximum Gasteiger partial charge on any atom is 0.317 e. The molecule has 1 atom stereocenters. The quantitative estimate of drug-likeness (QED) is 0.823. The van der Waals surface area contributed by atoms with Crippen molar-refractivity contribution in [3.63, 3.8) is 0 Å². The summed E-state index contributed by atoms with van der Waals surface area (Å²) in [5.41, 5.74) is 1.10. The fourth-order valence-electron chi connectivity index (χ4n) is 1.78. The Balaban J connectivity index is 2.22. The van der Waals surface area contributed by atoms with Crippen LogP contribution in [0.3, 0.4) is 0 Å². The lowest BCUT2D eigenvalue weighted by molar-refractivity contribution is -0.136. The third kappa shape index (κ3) is 2.06. The zero-order valence-electron chi connectivity index (χ0n) is 9.05. The second kappa shape index (κ2) is 4.37. The molecule has 0 saturated heterocycles. The van der Waals surface area contributed by atoms with Crippen molar-refractivity contribution in [2.45, 2.75) is 13.1 Å². The minimum atomic E-state index is -0.844. The zero-order valence-corrected chi connectivity index (χ0v) is 9.05. The lowest BCUT2D eigenvalue weighted by Crippen LogP contribution is -2.28. The normalized spacial score (nSPS) is 12.8. The van der Waals surface area contributed by atoms with Gasteiger partial charge >= 0.3 is 5.97 Å². The van der Waals surface area contributed by atoms with Crippen molar-refractivity contribution in [2.24, 2.45) is 0 Å². The summed E-state index contributed by atoms with van der Waals surface area (Å²) in [6.45, 7) is 1.91. The second-order valence-electron chi connectivity index (χ2n) is 3.73. The van der Waals surface area contributed by atoms with E-state index in [1.54, 1.807) is 0 Å². The largest absolute Gasteiger partial charge is 0.480 e. The number of hydrogen-bond acceptors (Lipinski definition) is 2. The van der Waals surface area contributed by atoms with E-state index in [-0.39, 0.29) is 12.7 Å². The van der Waals surface area contributed by atoms with Gasteiger partial charge in [0.15, 0.2) is 0 Å². The molecule has 4 nitrogen and oxygen atoms in total. The first-order chi connectivity index (χ1) is 7.68. The average molecular weight is 218 g/mol. The highest BCUT2D eigenvalue weighted by Gasteiger charge is 2.08. The van der Waals surface area contributed by atoms with Gasteiger partial charge in [-0.3, -0.25) is 10.1 Å². The molecule has 0 saturated carbocycles. The van der Waals surface area contributed by atoms with Crippen molar-refractivity contribution in [3.05, 3.63) is 36.5 Å². The van der Waals surface area contributed by atoms with E-state index >= 15 is 0 Å². The molecule has 1 heterocycles. The first-order valence-electron chi connectivity index (χ1n) is 5.19. The highest BCUT2D eigenvalue weighted by Crippen LogP contribution is 2.18. The van der Waals surface area contributed by atoms with E-state index < -0.39 is 5.97 Å². The molecular formula is C12H14N2O2. The Morgan fingerprint density at radius 2 is 2.19 bits per heavy atom. The number of aliphatic carboxylic acids is 1. The smallest absolute Gasteiger partial charge is 0.317 e. The fraction of sp³-hybridized carbons (Fsp3) is 0.250. The van der Waals surface area contributed by atoms with Crippen LogP contribution in [0, 0.1) is 0 Å². The molecule has 0 bridgehead atoms. The number of fused-ring (bicyclic) bond motifs is 1. The molecule has 0 aliphatic heterocycles. The Morgan fingerprint density at radius 3 is 2.94 bits per heavy atom. The summed E-state index contributed by atoms with van der Waals surface area (Å²) >= 11 is 0. The van der Waals surface area contributed by atoms with Crippen LogP contribution in [0.4, 0.5) is 0 Å². The fourth-order valence-corrected chi connectivity index (χ4v) is 1.78. The van der Waals surface area contributed by atoms with Crippen molar-refractivity contribution >= 4 is 16.9 Å². The van der Waals surface area contributed by atoms with Crippen LogP contribution in [-0.2, 0) is 4.79 Å². The van der Waals surface area contributed by atoms with Crippen LogP contribution in [0.25, 0.3) is 10.9 Å². The van der Waals surface area contributed by atoms with Crippen molar-refractivity contribution in [1.82, 2.24) is 9.88 Å². The van der Waals surface area contributed by atoms with Crippen molar-refractivity contribution in [2.75, 3.05) is 6.54 Å². The number of benzene rings is 1. The third-order valence-corrected chi connectivity index (χ3v) is 2.60. The molecule has 1 unspecified atom stereocenters. The summed E-state index contributed by atoms with van der Waals surface area (Å²) in [5.74, 6) is -0.844. The average Bonchev–Trinajstić information content (AvgIpc) is 2.69. The van der Waals surface area contributed by atoms with Gasteiger partial charge in [0.25, 0.3) is 0 Å². The van der Waals surface area contributed by atoms with Crippen LogP contribution in [0.2, 0.25) is 0 Å². The van der Waals surface area contributed by atoms with Gasteiger partial charge in [-0.1, -0.05) is 18.2 Å². The summed E-state index contributed by atoms with van der Waals surface area (Å²) in [5, 5.41) is 12.7. The third-order valence-electron chi connectivity index (χ3n) is 2.60. The van der Waals surface area contributed by atoms with Crippen LogP contribution in [-0.4, -0.2) is 22.2 Å². The molecule has 0 aliphatic rings. The number of carboxylic acid groups (broad SMARTS) is 1. The molecule has 2 rings (SSSR count). The highest BCUT2D eigenvalue weighted by atomic mass is 16.4. The van der Waals surface area contributed by atoms with Gasteiger partial charge in [0.1, 0.15) is 0 Å². The van der Waals surface area contributed by atoms with Crippen LogP contribution in [0.5, 0.6) is 0 Å². The monoisotopic (exact) mass is 218 g/mol. The number of carbonyl (C=O) groups is 1. The number of carboxylic acids is 1. The molecule has 1 aromatic carbocycles. The maximum atomic E-state index is 10.5. The SMILES string of the molecule is CC(NCC(=O)O)n1ccc2ccccc21. The lowest BCUT2D eigenvalue weighted by atomic mass is 10.2. The first-order valence-corrected chi connectivity index (χ1v) is 5.19. The van der Waals surface area contributed by atoms with E-state index in [4.69, 9.17) is 5.11 Å². The Bertz CT molecular complexity index is 504. The number of hydrogen-bond donors (Lipinski definition) is 2. The molecule has 0 fully saturated rings. The molecule has 0 amide bonds. The van der Waals surface area contributed by atoms with Crippen LogP contribution in [0.1, 0.15) is 13.1 Å². The van der Waals surface area contributed by atoms with Gasteiger partial charge in [0.2, 0.25) is 0 Å². The predicted molar refractivity (Wildman–Crippen MR) is 62.3 cm³/mol. The molecule has 0 spiro atoms. The summed E-state index contributed by atoms with van der Waals surface area (Å²) in [7, 11) is 0. The maximum absolute atomic E-state index is 10.5. The van der Waals surface area contributed by atoms with Gasteiger partial charge in [-0.05, 0) is 24.4 Å². The van der Waals surface area contributed by atoms with Gasteiger partial charge in [0, 0.05) is 11.7 Å². The van der Waals surface area contributed by atoms with E-state index in [2.05, 4.69) is 5.32 Å². The topological polar surface area (TPSA) is 54.3 Å². The molecule has 4 heteroatoms. The summed E-state index contributed by atoms with van der Waals surface area (Å²) in [6, 6.07) is 10.0. The number of aromatic nitrogens is 1. The zero-order chi connectivity index (χ0) is 11.5. The summed E-state index contributed by atoms with van der Waals surface area (Å²) in [4.78, 5) is 10.5. The minimum absolute atomic E-state index is 0.0315. The van der Waals surface area contributed by atoms with Gasteiger partial charge in [-0.15, -0.1) is 0 Å².